The van der Waals surface area contributed by atoms with Crippen molar-refractivity contribution in [3.63, 3.8) is 0 Å². The van der Waals surface area contributed by atoms with Crippen LogP contribution in [0.5, 0.6) is 0 Å². The zero-order valence-corrected chi connectivity index (χ0v) is 14.5. The highest BCUT2D eigenvalue weighted by atomic mass is 35.5. The van der Waals surface area contributed by atoms with Crippen LogP contribution < -0.4 is 11.1 Å². The molecule has 2 heterocycles. The molecule has 0 saturated carbocycles. The number of anilines is 1. The molecule has 0 aliphatic carbocycles. The van der Waals surface area contributed by atoms with Gasteiger partial charge in [0.15, 0.2) is 0 Å². The molecule has 3 N–H and O–H groups in total. The van der Waals surface area contributed by atoms with Gasteiger partial charge in [0, 0.05) is 38.1 Å². The number of nitrogens with two attached hydrogens (primary N) is 1. The smallest absolute Gasteiger partial charge is 0.250 e. The normalized spacial score (nSPS) is 17.1. The second kappa shape index (κ2) is 7.46. The van der Waals surface area contributed by atoms with E-state index in [2.05, 4.69) is 15.2 Å². The Morgan fingerprint density at radius 2 is 2.13 bits per heavy atom. The third-order valence-electron chi connectivity index (χ3n) is 3.83. The highest BCUT2D eigenvalue weighted by Crippen LogP contribution is 2.23. The van der Waals surface area contributed by atoms with E-state index in [1.807, 2.05) is 0 Å². The van der Waals surface area contributed by atoms with E-state index >= 15 is 0 Å². The van der Waals surface area contributed by atoms with Crippen molar-refractivity contribution in [2.75, 3.05) is 37.0 Å². The van der Waals surface area contributed by atoms with Crippen LogP contribution in [0.15, 0.2) is 12.3 Å². The first-order valence-electron chi connectivity index (χ1n) is 7.36. The number of primary amides is 1. The molecule has 0 aromatic carbocycles. The monoisotopic (exact) mass is 360 g/mol. The molecule has 1 aliphatic rings. The lowest BCUT2D eigenvalue weighted by Crippen LogP contribution is -2.41. The lowest BCUT2D eigenvalue weighted by atomic mass is 10.1. The first-order chi connectivity index (χ1) is 10.7. The van der Waals surface area contributed by atoms with Crippen LogP contribution in [0.25, 0.3) is 0 Å². The molecule has 128 valence electrons. The molecule has 0 spiro atoms. The molecular weight excluding hydrogens is 340 g/mol. The lowest BCUT2D eigenvalue weighted by Gasteiger charge is -2.32. The van der Waals surface area contributed by atoms with Gasteiger partial charge in [-0.1, -0.05) is 11.6 Å². The van der Waals surface area contributed by atoms with Gasteiger partial charge in [0.25, 0.3) is 0 Å². The number of pyridine rings is 1. The minimum absolute atomic E-state index is 0.188. The molecule has 23 heavy (non-hydrogen) atoms. The number of likely N-dealkylation sites (tertiary alicyclic amines) is 1. The number of hydrogen-bond donors (Lipinski definition) is 2. The Morgan fingerprint density at radius 1 is 1.48 bits per heavy atom. The van der Waals surface area contributed by atoms with Crippen LogP contribution in [0.2, 0.25) is 5.02 Å². The molecule has 0 radical (unpaired) electrons. The van der Waals surface area contributed by atoms with Gasteiger partial charge >= 0.3 is 0 Å². The topological polar surface area (TPSA) is 105 Å². The summed E-state index contributed by atoms with van der Waals surface area (Å²) in [6, 6.07) is 1.72. The van der Waals surface area contributed by atoms with Gasteiger partial charge in [-0.2, -0.15) is 0 Å². The van der Waals surface area contributed by atoms with Crippen molar-refractivity contribution >= 4 is 33.2 Å². The lowest BCUT2D eigenvalue weighted by molar-refractivity contribution is 0.1000. The van der Waals surface area contributed by atoms with Crippen molar-refractivity contribution in [3.8, 4) is 0 Å². The average molecular weight is 361 g/mol. The molecule has 1 fully saturated rings. The fourth-order valence-electron chi connectivity index (χ4n) is 2.47. The summed E-state index contributed by atoms with van der Waals surface area (Å²) in [4.78, 5) is 17.4. The Balaban J connectivity index is 1.86. The maximum absolute atomic E-state index is 11.2. The van der Waals surface area contributed by atoms with E-state index in [1.54, 1.807) is 0 Å². The van der Waals surface area contributed by atoms with Crippen LogP contribution in [0.1, 0.15) is 23.2 Å². The Kier molecular flexibility index (Phi) is 5.83. The molecule has 9 heteroatoms. The molecule has 1 saturated heterocycles. The van der Waals surface area contributed by atoms with Crippen LogP contribution in [-0.2, 0) is 9.84 Å². The third-order valence-corrected chi connectivity index (χ3v) is 5.04. The van der Waals surface area contributed by atoms with Crippen LogP contribution in [0.3, 0.4) is 0 Å². The number of carbonyl (C=O) groups excluding carboxylic acids is 1. The number of aromatic nitrogens is 1. The second-order valence-electron chi connectivity index (χ2n) is 5.81. The second-order valence-corrected chi connectivity index (χ2v) is 8.48. The quantitative estimate of drug-likeness (QED) is 0.775. The van der Waals surface area contributed by atoms with E-state index in [1.165, 1.54) is 18.5 Å². The Morgan fingerprint density at radius 3 is 2.65 bits per heavy atom. The third kappa shape index (κ3) is 5.63. The number of nitrogens with one attached hydrogen (secondary N) is 1. The van der Waals surface area contributed by atoms with Gasteiger partial charge in [-0.05, 0) is 18.9 Å². The molecule has 1 aromatic heterocycles. The van der Waals surface area contributed by atoms with Crippen molar-refractivity contribution in [1.29, 1.82) is 0 Å². The van der Waals surface area contributed by atoms with Gasteiger partial charge in [-0.15, -0.1) is 0 Å². The van der Waals surface area contributed by atoms with Crippen molar-refractivity contribution in [2.45, 2.75) is 18.9 Å². The molecule has 2 rings (SSSR count). The van der Waals surface area contributed by atoms with Gasteiger partial charge in [-0.3, -0.25) is 4.79 Å². The van der Waals surface area contributed by atoms with E-state index in [0.29, 0.717) is 17.4 Å². The van der Waals surface area contributed by atoms with Gasteiger partial charge < -0.3 is 16.0 Å². The number of carbonyl (C=O) groups is 1. The van der Waals surface area contributed by atoms with Crippen LogP contribution in [-0.4, -0.2) is 61.9 Å². The number of sulfone groups is 1. The minimum atomic E-state index is -2.92. The SMILES string of the molecule is CS(=O)(=O)CCN1CCC(Nc2ncc(C(N)=O)cc2Cl)CC1. The van der Waals surface area contributed by atoms with Gasteiger partial charge in [0.1, 0.15) is 15.7 Å². The van der Waals surface area contributed by atoms with Gasteiger partial charge in [0.05, 0.1) is 16.3 Å². The van der Waals surface area contributed by atoms with E-state index in [0.717, 1.165) is 25.9 Å². The Bertz CT molecular complexity index is 673. The summed E-state index contributed by atoms with van der Waals surface area (Å²) in [5, 5.41) is 3.63. The number of halogens is 1. The molecule has 1 amide bonds. The van der Waals surface area contributed by atoms with Gasteiger partial charge in [0.2, 0.25) is 5.91 Å². The molecule has 0 atom stereocenters. The predicted octanol–water partition coefficient (Wildman–Crippen LogP) is 0.755. The van der Waals surface area contributed by atoms with Gasteiger partial charge in [-0.25, -0.2) is 13.4 Å². The van der Waals surface area contributed by atoms with Crippen molar-refractivity contribution in [2.24, 2.45) is 5.73 Å². The van der Waals surface area contributed by atoms with Crippen LogP contribution in [0, 0.1) is 0 Å². The highest BCUT2D eigenvalue weighted by Gasteiger charge is 2.21. The van der Waals surface area contributed by atoms with E-state index in [4.69, 9.17) is 17.3 Å². The van der Waals surface area contributed by atoms with E-state index in [-0.39, 0.29) is 17.4 Å². The highest BCUT2D eigenvalue weighted by molar-refractivity contribution is 7.90. The maximum atomic E-state index is 11.2. The molecule has 0 unspecified atom stereocenters. The largest absolute Gasteiger partial charge is 0.366 e. The van der Waals surface area contributed by atoms with Crippen molar-refractivity contribution in [3.05, 3.63) is 22.8 Å². The Labute approximate surface area is 141 Å². The summed E-state index contributed by atoms with van der Waals surface area (Å²) in [5.41, 5.74) is 5.46. The maximum Gasteiger partial charge on any atom is 0.250 e. The molecular formula is C14H21ClN4O3S. The molecule has 0 bridgehead atoms. The van der Waals surface area contributed by atoms with Crippen molar-refractivity contribution < 1.29 is 13.2 Å². The number of piperidine rings is 1. The number of rotatable bonds is 6. The number of hydrogen-bond acceptors (Lipinski definition) is 6. The van der Waals surface area contributed by atoms with E-state index < -0.39 is 15.7 Å². The predicted molar refractivity (Wildman–Crippen MR) is 90.6 cm³/mol. The Hall–Kier alpha value is -1.38. The molecule has 7 nitrogen and oxygen atoms in total. The number of nitrogens with zero attached hydrogens (tertiary/aromatic N) is 2. The van der Waals surface area contributed by atoms with Crippen LogP contribution >= 0.6 is 11.6 Å². The summed E-state index contributed by atoms with van der Waals surface area (Å²) in [6.07, 6.45) is 4.40. The summed E-state index contributed by atoms with van der Waals surface area (Å²) in [6.45, 7) is 2.21. The van der Waals surface area contributed by atoms with E-state index in [9.17, 15) is 13.2 Å². The van der Waals surface area contributed by atoms with Crippen LogP contribution in [0.4, 0.5) is 5.82 Å². The molecule has 1 aliphatic heterocycles. The average Bonchev–Trinajstić information content (AvgIpc) is 2.47. The first kappa shape index (κ1) is 18.0. The standard InChI is InChI=1S/C14H21ClN4O3S/c1-23(21,22)7-6-19-4-2-11(3-5-19)18-14-12(15)8-10(9-17-14)13(16)20/h8-9,11H,2-7H2,1H3,(H2,16,20)(H,17,18). The van der Waals surface area contributed by atoms with Crippen molar-refractivity contribution in [1.82, 2.24) is 9.88 Å². The zero-order chi connectivity index (χ0) is 17.0. The summed E-state index contributed by atoms with van der Waals surface area (Å²) >= 11 is 6.11. The zero-order valence-electron chi connectivity index (χ0n) is 13.0. The minimum Gasteiger partial charge on any atom is -0.366 e. The fourth-order valence-corrected chi connectivity index (χ4v) is 3.28. The molecule has 1 aromatic rings. The summed E-state index contributed by atoms with van der Waals surface area (Å²) < 4.78 is 22.4. The fraction of sp³-hybridized carbons (Fsp3) is 0.571. The summed E-state index contributed by atoms with van der Waals surface area (Å²) in [7, 11) is -2.92. The first-order valence-corrected chi connectivity index (χ1v) is 9.80. The summed E-state index contributed by atoms with van der Waals surface area (Å²) in [5.74, 6) is 0.156. The number of amides is 1.